The van der Waals surface area contributed by atoms with Crippen LogP contribution >= 0.6 is 0 Å². The van der Waals surface area contributed by atoms with Gasteiger partial charge in [0.2, 0.25) is 0 Å². The smallest absolute Gasteiger partial charge is 0.408 e. The first-order chi connectivity index (χ1) is 10.4. The van der Waals surface area contributed by atoms with Gasteiger partial charge in [-0.25, -0.2) is 13.2 Å². The number of aromatic nitrogens is 1. The number of fused-ring (bicyclic) bond motifs is 1. The molecule has 1 heterocycles. The molecule has 2 N–H and O–H groups in total. The van der Waals surface area contributed by atoms with Gasteiger partial charge in [-0.2, -0.15) is 0 Å². The molecule has 114 valence electrons. The number of rotatable bonds is 3. The van der Waals surface area contributed by atoms with E-state index in [4.69, 9.17) is 4.42 Å². The largest absolute Gasteiger partial charge is 0.417 e. The van der Waals surface area contributed by atoms with Crippen LogP contribution in [0.5, 0.6) is 0 Å². The van der Waals surface area contributed by atoms with Crippen LogP contribution in [0.3, 0.4) is 0 Å². The maximum atomic E-state index is 12.5. The number of anilines is 1. The molecule has 0 atom stereocenters. The highest BCUT2D eigenvalue weighted by atomic mass is 32.2. The van der Waals surface area contributed by atoms with Crippen molar-refractivity contribution in [2.24, 2.45) is 0 Å². The number of oxazole rings is 1. The average Bonchev–Trinajstić information content (AvgIpc) is 2.82. The fourth-order valence-corrected chi connectivity index (χ4v) is 3.48. The molecule has 2 aromatic carbocycles. The van der Waals surface area contributed by atoms with E-state index in [9.17, 15) is 13.2 Å². The average molecular weight is 318 g/mol. The lowest BCUT2D eigenvalue weighted by atomic mass is 10.1. The predicted molar refractivity (Wildman–Crippen MR) is 83.6 cm³/mol. The normalized spacial score (nSPS) is 11.7. The van der Waals surface area contributed by atoms with E-state index >= 15 is 0 Å². The molecule has 1 aromatic heterocycles. The third kappa shape index (κ3) is 2.50. The molecule has 0 aliphatic carbocycles. The molecule has 3 aromatic rings. The van der Waals surface area contributed by atoms with Crippen LogP contribution in [0.2, 0.25) is 0 Å². The lowest BCUT2D eigenvalue weighted by Gasteiger charge is -2.13. The highest BCUT2D eigenvalue weighted by Crippen LogP contribution is 2.24. The Balaban J connectivity index is 2.06. The van der Waals surface area contributed by atoms with Crippen molar-refractivity contribution in [3.8, 4) is 0 Å². The van der Waals surface area contributed by atoms with Gasteiger partial charge >= 0.3 is 5.76 Å². The van der Waals surface area contributed by atoms with Crippen LogP contribution in [0.25, 0.3) is 11.1 Å². The van der Waals surface area contributed by atoms with Gasteiger partial charge in [-0.3, -0.25) is 9.71 Å². The van der Waals surface area contributed by atoms with Crippen molar-refractivity contribution in [1.82, 2.24) is 4.98 Å². The molecule has 0 amide bonds. The van der Waals surface area contributed by atoms with Crippen molar-refractivity contribution >= 4 is 26.8 Å². The fraction of sp³-hybridized carbons (Fsp3) is 0.133. The Morgan fingerprint density at radius 1 is 1.09 bits per heavy atom. The summed E-state index contributed by atoms with van der Waals surface area (Å²) in [4.78, 5) is 13.6. The number of hydrogen-bond acceptors (Lipinski definition) is 4. The first kappa shape index (κ1) is 14.4. The molecule has 0 saturated heterocycles. The van der Waals surface area contributed by atoms with Gasteiger partial charge in [0.1, 0.15) is 0 Å². The molecule has 22 heavy (non-hydrogen) atoms. The number of aryl methyl sites for hydroxylation is 2. The standard InChI is InChI=1S/C15H14N2O4S/c1-9-4-3-5-10(2)14(9)17-22(19,20)11-6-7-12-13(8-11)21-15(18)16-12/h3-8,17H,1-2H3,(H,16,18). The molecule has 3 rings (SSSR count). The Labute approximate surface area is 126 Å². The summed E-state index contributed by atoms with van der Waals surface area (Å²) >= 11 is 0. The van der Waals surface area contributed by atoms with Gasteiger partial charge in [-0.1, -0.05) is 18.2 Å². The molecule has 0 unspecified atom stereocenters. The number of H-pyrrole nitrogens is 1. The molecule has 0 bridgehead atoms. The summed E-state index contributed by atoms with van der Waals surface area (Å²) in [6.07, 6.45) is 0. The van der Waals surface area contributed by atoms with E-state index in [1.54, 1.807) is 0 Å². The van der Waals surface area contributed by atoms with Crippen LogP contribution < -0.4 is 10.5 Å². The van der Waals surface area contributed by atoms with Gasteiger partial charge in [0, 0.05) is 6.07 Å². The van der Waals surface area contributed by atoms with Crippen molar-refractivity contribution in [3.63, 3.8) is 0 Å². The Hall–Kier alpha value is -2.54. The summed E-state index contributed by atoms with van der Waals surface area (Å²) in [5.41, 5.74) is 2.87. The molecular formula is C15H14N2O4S. The Morgan fingerprint density at radius 3 is 2.45 bits per heavy atom. The van der Waals surface area contributed by atoms with Crippen LogP contribution in [0.1, 0.15) is 11.1 Å². The second-order valence-electron chi connectivity index (χ2n) is 5.04. The number of sulfonamides is 1. The van der Waals surface area contributed by atoms with Gasteiger partial charge in [-0.05, 0) is 37.1 Å². The van der Waals surface area contributed by atoms with Crippen LogP contribution in [0, 0.1) is 13.8 Å². The zero-order chi connectivity index (χ0) is 15.9. The number of benzene rings is 2. The molecule has 7 heteroatoms. The summed E-state index contributed by atoms with van der Waals surface area (Å²) in [5, 5.41) is 0. The fourth-order valence-electron chi connectivity index (χ4n) is 2.26. The Kier molecular flexibility index (Phi) is 3.29. The van der Waals surface area contributed by atoms with E-state index in [0.29, 0.717) is 11.2 Å². The monoisotopic (exact) mass is 318 g/mol. The SMILES string of the molecule is Cc1cccc(C)c1NS(=O)(=O)c1ccc2[nH]c(=O)oc2c1. The second-order valence-corrected chi connectivity index (χ2v) is 6.73. The van der Waals surface area contributed by atoms with Gasteiger partial charge in [0.05, 0.1) is 16.1 Å². The van der Waals surface area contributed by atoms with Gasteiger partial charge in [0.25, 0.3) is 10.0 Å². The first-order valence-corrected chi connectivity index (χ1v) is 8.07. The van der Waals surface area contributed by atoms with E-state index in [2.05, 4.69) is 9.71 Å². The summed E-state index contributed by atoms with van der Waals surface area (Å²) in [7, 11) is -3.77. The Bertz CT molecular complexity index is 995. The maximum Gasteiger partial charge on any atom is 0.417 e. The van der Waals surface area contributed by atoms with Crippen molar-refractivity contribution in [2.75, 3.05) is 4.72 Å². The predicted octanol–water partition coefficient (Wildman–Crippen LogP) is 2.54. The summed E-state index contributed by atoms with van der Waals surface area (Å²) in [6, 6.07) is 9.77. The van der Waals surface area contributed by atoms with Crippen LogP contribution in [-0.2, 0) is 10.0 Å². The van der Waals surface area contributed by atoms with Crippen molar-refractivity contribution in [2.45, 2.75) is 18.7 Å². The van der Waals surface area contributed by atoms with E-state index in [1.165, 1.54) is 18.2 Å². The van der Waals surface area contributed by atoms with Crippen LogP contribution in [0.4, 0.5) is 5.69 Å². The van der Waals surface area contributed by atoms with Crippen molar-refractivity contribution < 1.29 is 12.8 Å². The lowest BCUT2D eigenvalue weighted by molar-refractivity contribution is 0.554. The van der Waals surface area contributed by atoms with Gasteiger partial charge in [-0.15, -0.1) is 0 Å². The highest BCUT2D eigenvalue weighted by molar-refractivity contribution is 7.92. The van der Waals surface area contributed by atoms with Crippen LogP contribution in [-0.4, -0.2) is 13.4 Å². The highest BCUT2D eigenvalue weighted by Gasteiger charge is 2.18. The van der Waals surface area contributed by atoms with Crippen molar-refractivity contribution in [1.29, 1.82) is 0 Å². The minimum absolute atomic E-state index is 0.0328. The molecule has 0 spiro atoms. The van der Waals surface area contributed by atoms with E-state index in [0.717, 1.165) is 11.1 Å². The van der Waals surface area contributed by atoms with Gasteiger partial charge < -0.3 is 4.42 Å². The minimum atomic E-state index is -3.77. The molecule has 0 saturated carbocycles. The summed E-state index contributed by atoms with van der Waals surface area (Å²) in [6.45, 7) is 3.67. The minimum Gasteiger partial charge on any atom is -0.408 e. The van der Waals surface area contributed by atoms with E-state index in [1.807, 2.05) is 32.0 Å². The summed E-state index contributed by atoms with van der Waals surface area (Å²) in [5.74, 6) is -0.618. The van der Waals surface area contributed by atoms with Crippen molar-refractivity contribution in [3.05, 3.63) is 58.1 Å². The molecular weight excluding hydrogens is 304 g/mol. The second kappa shape index (κ2) is 5.03. The molecule has 0 radical (unpaired) electrons. The van der Waals surface area contributed by atoms with Crippen LogP contribution in [0.15, 0.2) is 50.5 Å². The summed E-state index contributed by atoms with van der Waals surface area (Å²) < 4.78 is 32.5. The zero-order valence-corrected chi connectivity index (χ0v) is 12.8. The number of nitrogens with one attached hydrogen (secondary N) is 2. The Morgan fingerprint density at radius 2 is 1.77 bits per heavy atom. The maximum absolute atomic E-state index is 12.5. The van der Waals surface area contributed by atoms with E-state index in [-0.39, 0.29) is 10.5 Å². The topological polar surface area (TPSA) is 92.2 Å². The third-order valence-electron chi connectivity index (χ3n) is 3.42. The molecule has 6 nitrogen and oxygen atoms in total. The lowest BCUT2D eigenvalue weighted by Crippen LogP contribution is -2.14. The quantitative estimate of drug-likeness (QED) is 0.776. The molecule has 0 fully saturated rings. The number of hydrogen-bond donors (Lipinski definition) is 2. The van der Waals surface area contributed by atoms with E-state index < -0.39 is 15.8 Å². The first-order valence-electron chi connectivity index (χ1n) is 6.59. The molecule has 0 aliphatic rings. The van der Waals surface area contributed by atoms with Gasteiger partial charge in [0.15, 0.2) is 5.58 Å². The number of para-hydroxylation sites is 1. The number of aromatic amines is 1. The third-order valence-corrected chi connectivity index (χ3v) is 4.77. The molecule has 0 aliphatic heterocycles. The zero-order valence-electron chi connectivity index (χ0n) is 12.0.